The molecular weight excluding hydrogens is 484 g/mol. The molecular formula is C21H22N4O5S3. The van der Waals surface area contributed by atoms with Gasteiger partial charge in [0.25, 0.3) is 20.0 Å². The monoisotopic (exact) mass is 506 g/mol. The Kier molecular flexibility index (Phi) is 6.79. The molecule has 1 aliphatic heterocycles. The fourth-order valence-corrected chi connectivity index (χ4v) is 7.22. The van der Waals surface area contributed by atoms with E-state index in [0.717, 1.165) is 11.3 Å². The third-order valence-electron chi connectivity index (χ3n) is 5.19. The third kappa shape index (κ3) is 5.41. The molecule has 0 bridgehead atoms. The van der Waals surface area contributed by atoms with Crippen molar-refractivity contribution in [3.05, 3.63) is 66.3 Å². The fraction of sp³-hybridized carbons (Fsp3) is 0.238. The van der Waals surface area contributed by atoms with Crippen molar-refractivity contribution in [3.63, 3.8) is 0 Å². The summed E-state index contributed by atoms with van der Waals surface area (Å²) in [5.74, 6) is -0.797. The van der Waals surface area contributed by atoms with Crippen LogP contribution in [0.2, 0.25) is 0 Å². The molecule has 0 aliphatic carbocycles. The van der Waals surface area contributed by atoms with Crippen LogP contribution in [0.3, 0.4) is 0 Å². The quantitative estimate of drug-likeness (QED) is 0.507. The van der Waals surface area contributed by atoms with Gasteiger partial charge in [0.05, 0.1) is 22.7 Å². The molecule has 2 N–H and O–H groups in total. The Hall–Kier alpha value is -2.80. The fourth-order valence-electron chi connectivity index (χ4n) is 3.51. The molecule has 4 rings (SSSR count). The van der Waals surface area contributed by atoms with Crippen LogP contribution in [0.15, 0.2) is 75.4 Å². The van der Waals surface area contributed by atoms with Crippen molar-refractivity contribution < 1.29 is 21.6 Å². The first-order valence-electron chi connectivity index (χ1n) is 10.1. The number of rotatable bonds is 7. The van der Waals surface area contributed by atoms with Crippen molar-refractivity contribution in [1.29, 1.82) is 0 Å². The summed E-state index contributed by atoms with van der Waals surface area (Å²) in [7, 11) is -7.41. The highest BCUT2D eigenvalue weighted by molar-refractivity contribution is 7.92. The van der Waals surface area contributed by atoms with Crippen molar-refractivity contribution in [3.8, 4) is 0 Å². The summed E-state index contributed by atoms with van der Waals surface area (Å²) in [4.78, 5) is 16.7. The van der Waals surface area contributed by atoms with Gasteiger partial charge in [-0.2, -0.15) is 4.31 Å². The lowest BCUT2D eigenvalue weighted by Gasteiger charge is -2.30. The van der Waals surface area contributed by atoms with Crippen LogP contribution in [0.25, 0.3) is 0 Å². The van der Waals surface area contributed by atoms with E-state index in [1.165, 1.54) is 34.8 Å². The van der Waals surface area contributed by atoms with Crippen LogP contribution in [0.1, 0.15) is 12.8 Å². The maximum Gasteiger partial charge on any atom is 0.261 e. The maximum absolute atomic E-state index is 12.8. The second-order valence-corrected chi connectivity index (χ2v) is 12.3. The van der Waals surface area contributed by atoms with Gasteiger partial charge in [0.15, 0.2) is 0 Å². The Morgan fingerprint density at radius 3 is 2.48 bits per heavy atom. The lowest BCUT2D eigenvalue weighted by molar-refractivity contribution is -0.120. The number of thiophene rings is 1. The lowest BCUT2D eigenvalue weighted by Crippen LogP contribution is -2.43. The highest BCUT2D eigenvalue weighted by Crippen LogP contribution is 2.27. The predicted molar refractivity (Wildman–Crippen MR) is 126 cm³/mol. The minimum Gasteiger partial charge on any atom is -0.326 e. The predicted octanol–water partition coefficient (Wildman–Crippen LogP) is 2.98. The van der Waals surface area contributed by atoms with E-state index >= 15 is 0 Å². The number of amides is 1. The Morgan fingerprint density at radius 2 is 1.82 bits per heavy atom. The molecule has 2 aromatic heterocycles. The first kappa shape index (κ1) is 23.4. The Morgan fingerprint density at radius 1 is 1.03 bits per heavy atom. The second kappa shape index (κ2) is 9.59. The van der Waals surface area contributed by atoms with Crippen molar-refractivity contribution in [2.24, 2.45) is 5.92 Å². The summed E-state index contributed by atoms with van der Waals surface area (Å²) in [6.07, 6.45) is 4.10. The first-order chi connectivity index (χ1) is 15.8. The van der Waals surface area contributed by atoms with Crippen molar-refractivity contribution in [2.45, 2.75) is 21.9 Å². The van der Waals surface area contributed by atoms with Crippen LogP contribution in [-0.2, 0) is 24.8 Å². The number of carbonyl (C=O) groups is 1. The molecule has 0 spiro atoms. The average molecular weight is 507 g/mol. The summed E-state index contributed by atoms with van der Waals surface area (Å²) < 4.78 is 54.7. The number of nitrogens with zero attached hydrogens (tertiary/aromatic N) is 2. The molecule has 1 aliphatic rings. The van der Waals surface area contributed by atoms with Gasteiger partial charge in [0.1, 0.15) is 4.21 Å². The van der Waals surface area contributed by atoms with Gasteiger partial charge in [-0.15, -0.1) is 11.3 Å². The number of sulfonamides is 2. The van der Waals surface area contributed by atoms with Gasteiger partial charge in [-0.3, -0.25) is 14.5 Å². The summed E-state index contributed by atoms with van der Waals surface area (Å²) in [6, 6.07) is 12.2. The zero-order valence-electron chi connectivity index (χ0n) is 17.4. The van der Waals surface area contributed by atoms with Gasteiger partial charge >= 0.3 is 0 Å². The van der Waals surface area contributed by atoms with E-state index in [1.54, 1.807) is 35.8 Å². The van der Waals surface area contributed by atoms with E-state index in [-0.39, 0.29) is 21.6 Å². The number of piperidine rings is 1. The van der Waals surface area contributed by atoms with Crippen LogP contribution in [0.4, 0.5) is 11.4 Å². The average Bonchev–Trinajstić information content (AvgIpc) is 3.36. The van der Waals surface area contributed by atoms with Crippen LogP contribution in [0.5, 0.6) is 0 Å². The zero-order valence-corrected chi connectivity index (χ0v) is 19.9. The number of benzene rings is 1. The SMILES string of the molecule is O=C(Nc1ccc(S(=O)(=O)Nc2cccnc2)cc1)[C@H]1CCCN(S(=O)(=O)c2cccs2)C1. The Balaban J connectivity index is 1.40. The number of hydrogen-bond donors (Lipinski definition) is 2. The smallest absolute Gasteiger partial charge is 0.261 e. The highest BCUT2D eigenvalue weighted by atomic mass is 32.2. The summed E-state index contributed by atoms with van der Waals surface area (Å²) >= 11 is 1.15. The summed E-state index contributed by atoms with van der Waals surface area (Å²) in [6.45, 7) is 0.480. The van der Waals surface area contributed by atoms with E-state index < -0.39 is 26.0 Å². The Labute approximate surface area is 196 Å². The van der Waals surface area contributed by atoms with E-state index in [4.69, 9.17) is 0 Å². The van der Waals surface area contributed by atoms with Crippen molar-refractivity contribution in [2.75, 3.05) is 23.1 Å². The Bertz CT molecular complexity index is 1310. The van der Waals surface area contributed by atoms with E-state index in [1.807, 2.05) is 0 Å². The molecule has 1 saturated heterocycles. The number of hydrogen-bond acceptors (Lipinski definition) is 7. The number of aromatic nitrogens is 1. The van der Waals surface area contributed by atoms with Gasteiger partial charge in [-0.25, -0.2) is 16.8 Å². The first-order valence-corrected chi connectivity index (χ1v) is 13.9. The van der Waals surface area contributed by atoms with Gasteiger partial charge in [-0.05, 0) is 60.7 Å². The molecule has 3 heterocycles. The largest absolute Gasteiger partial charge is 0.326 e. The number of anilines is 2. The van der Waals surface area contributed by atoms with E-state index in [2.05, 4.69) is 15.0 Å². The standard InChI is InChI=1S/C21H22N4O5S3/c26-21(16-4-2-12-25(15-16)33(29,30)20-6-3-13-31-20)23-17-7-9-19(10-8-17)32(27,28)24-18-5-1-11-22-14-18/h1,3,5-11,13-14,16,24H,2,4,12,15H2,(H,23,26)/t16-/m0/s1. The van der Waals surface area contributed by atoms with Crippen LogP contribution in [-0.4, -0.2) is 45.1 Å². The molecule has 1 atom stereocenters. The van der Waals surface area contributed by atoms with Gasteiger partial charge in [0, 0.05) is 25.0 Å². The number of nitrogens with one attached hydrogen (secondary N) is 2. The molecule has 0 saturated carbocycles. The highest BCUT2D eigenvalue weighted by Gasteiger charge is 2.33. The molecule has 1 amide bonds. The second-order valence-electron chi connectivity index (χ2n) is 7.50. The molecule has 9 nitrogen and oxygen atoms in total. The minimum absolute atomic E-state index is 0.0373. The van der Waals surface area contributed by atoms with Gasteiger partial charge in [-0.1, -0.05) is 6.07 Å². The third-order valence-corrected chi connectivity index (χ3v) is 9.83. The molecule has 12 heteroatoms. The summed E-state index contributed by atoms with van der Waals surface area (Å²) in [5, 5.41) is 4.47. The van der Waals surface area contributed by atoms with Crippen LogP contribution >= 0.6 is 11.3 Å². The normalized spacial score (nSPS) is 17.4. The topological polar surface area (TPSA) is 126 Å². The number of pyridine rings is 1. The molecule has 1 aromatic carbocycles. The van der Waals surface area contributed by atoms with E-state index in [0.29, 0.717) is 30.8 Å². The lowest BCUT2D eigenvalue weighted by atomic mass is 9.99. The molecule has 3 aromatic rings. The number of carbonyl (C=O) groups excluding carboxylic acids is 1. The molecule has 174 valence electrons. The van der Waals surface area contributed by atoms with E-state index in [9.17, 15) is 21.6 Å². The van der Waals surface area contributed by atoms with Crippen LogP contribution < -0.4 is 10.0 Å². The zero-order chi connectivity index (χ0) is 23.5. The van der Waals surface area contributed by atoms with Crippen molar-refractivity contribution in [1.82, 2.24) is 9.29 Å². The van der Waals surface area contributed by atoms with Gasteiger partial charge < -0.3 is 5.32 Å². The maximum atomic E-state index is 12.8. The molecule has 33 heavy (non-hydrogen) atoms. The van der Waals surface area contributed by atoms with Gasteiger partial charge in [0.2, 0.25) is 5.91 Å². The van der Waals surface area contributed by atoms with Crippen LogP contribution in [0, 0.1) is 5.92 Å². The van der Waals surface area contributed by atoms with Crippen molar-refractivity contribution >= 4 is 48.7 Å². The molecule has 0 unspecified atom stereocenters. The minimum atomic E-state index is -3.80. The summed E-state index contributed by atoms with van der Waals surface area (Å²) in [5.41, 5.74) is 0.771. The molecule has 0 radical (unpaired) electrons. The molecule has 1 fully saturated rings.